The first-order valence-corrected chi connectivity index (χ1v) is 9.65. The number of aryl methyl sites for hydroxylation is 1. The summed E-state index contributed by atoms with van der Waals surface area (Å²) in [7, 11) is -3.28. The molecule has 1 fully saturated rings. The molecule has 4 heteroatoms. The first-order chi connectivity index (χ1) is 10.00. The van der Waals surface area contributed by atoms with E-state index < -0.39 is 9.84 Å². The highest BCUT2D eigenvalue weighted by Crippen LogP contribution is 2.26. The van der Waals surface area contributed by atoms with Crippen molar-refractivity contribution in [1.29, 1.82) is 0 Å². The number of Topliss-reactive ketones (excluding diaryl/α,β-unsaturated/α-hetero) is 1. The lowest BCUT2D eigenvalue weighted by molar-refractivity contribution is 0.102. The van der Waals surface area contributed by atoms with Gasteiger partial charge in [0.05, 0.1) is 5.75 Å². The van der Waals surface area contributed by atoms with Crippen LogP contribution in [0.25, 0.3) is 0 Å². The van der Waals surface area contributed by atoms with Crippen LogP contribution in [-0.4, -0.2) is 25.7 Å². The van der Waals surface area contributed by atoms with Crippen LogP contribution < -0.4 is 0 Å². The summed E-state index contributed by atoms with van der Waals surface area (Å²) in [5.41, 5.74) is 1.69. The Bertz CT molecular complexity index is 567. The maximum absolute atomic E-state index is 12.1. The van der Waals surface area contributed by atoms with Gasteiger partial charge in [0, 0.05) is 5.56 Å². The Hall–Kier alpha value is -1.16. The van der Waals surface area contributed by atoms with Crippen molar-refractivity contribution in [2.75, 3.05) is 11.5 Å². The summed E-state index contributed by atoms with van der Waals surface area (Å²) in [6.07, 6.45) is 6.25. The van der Waals surface area contributed by atoms with Crippen molar-refractivity contribution in [3.05, 3.63) is 35.4 Å². The first kappa shape index (κ1) is 16.2. The number of rotatable bonds is 7. The lowest BCUT2D eigenvalue weighted by atomic mass is 10.1. The molecule has 1 aliphatic carbocycles. The van der Waals surface area contributed by atoms with E-state index in [0.29, 0.717) is 5.56 Å². The van der Waals surface area contributed by atoms with E-state index in [1.807, 2.05) is 12.1 Å². The molecular formula is C17H24O3S. The number of sulfone groups is 1. The van der Waals surface area contributed by atoms with Gasteiger partial charge in [-0.2, -0.15) is 0 Å². The smallest absolute Gasteiger partial charge is 0.177 e. The molecule has 0 spiro atoms. The number of ketones is 1. The SMILES string of the molecule is CCCc1ccc(C(=O)CS(=O)(=O)CC2CCCC2)cc1. The van der Waals surface area contributed by atoms with Crippen LogP contribution in [0.2, 0.25) is 0 Å². The molecule has 3 nitrogen and oxygen atoms in total. The average Bonchev–Trinajstić information content (AvgIpc) is 2.91. The Kier molecular flexibility index (Phi) is 5.57. The quantitative estimate of drug-likeness (QED) is 0.725. The summed E-state index contributed by atoms with van der Waals surface area (Å²) >= 11 is 0. The fourth-order valence-corrected chi connectivity index (χ4v) is 4.76. The van der Waals surface area contributed by atoms with Crippen molar-refractivity contribution in [2.24, 2.45) is 5.92 Å². The zero-order chi connectivity index (χ0) is 15.3. The highest BCUT2D eigenvalue weighted by molar-refractivity contribution is 7.92. The first-order valence-electron chi connectivity index (χ1n) is 7.83. The maximum atomic E-state index is 12.1. The molecule has 2 rings (SSSR count). The lowest BCUT2D eigenvalue weighted by Crippen LogP contribution is -2.22. The zero-order valence-electron chi connectivity index (χ0n) is 12.7. The van der Waals surface area contributed by atoms with Crippen LogP contribution >= 0.6 is 0 Å². The van der Waals surface area contributed by atoms with Gasteiger partial charge in [-0.25, -0.2) is 8.42 Å². The number of benzene rings is 1. The van der Waals surface area contributed by atoms with E-state index in [4.69, 9.17) is 0 Å². The Morgan fingerprint density at radius 2 is 1.76 bits per heavy atom. The van der Waals surface area contributed by atoms with Crippen LogP contribution in [-0.2, 0) is 16.3 Å². The van der Waals surface area contributed by atoms with Crippen molar-refractivity contribution in [3.63, 3.8) is 0 Å². The van der Waals surface area contributed by atoms with Crippen molar-refractivity contribution in [1.82, 2.24) is 0 Å². The van der Waals surface area contributed by atoms with E-state index in [1.54, 1.807) is 12.1 Å². The van der Waals surface area contributed by atoms with Crippen molar-refractivity contribution < 1.29 is 13.2 Å². The van der Waals surface area contributed by atoms with Gasteiger partial charge in [-0.05, 0) is 30.7 Å². The van der Waals surface area contributed by atoms with Crippen LogP contribution in [0, 0.1) is 5.92 Å². The second kappa shape index (κ2) is 7.21. The molecule has 116 valence electrons. The molecule has 1 aromatic rings. The molecule has 0 N–H and O–H groups in total. The topological polar surface area (TPSA) is 51.2 Å². The summed E-state index contributed by atoms with van der Waals surface area (Å²) in [6.45, 7) is 2.11. The number of hydrogen-bond donors (Lipinski definition) is 0. The third-order valence-electron chi connectivity index (χ3n) is 4.13. The minimum Gasteiger partial charge on any atom is -0.293 e. The van der Waals surface area contributed by atoms with E-state index in [9.17, 15) is 13.2 Å². The minimum absolute atomic E-state index is 0.173. The molecule has 1 saturated carbocycles. The van der Waals surface area contributed by atoms with Gasteiger partial charge in [-0.3, -0.25) is 4.79 Å². The van der Waals surface area contributed by atoms with Crippen molar-refractivity contribution in [2.45, 2.75) is 45.4 Å². The highest BCUT2D eigenvalue weighted by atomic mass is 32.2. The summed E-state index contributed by atoms with van der Waals surface area (Å²) < 4.78 is 24.2. The standard InChI is InChI=1S/C17H24O3S/c1-2-5-14-8-10-16(11-9-14)17(18)13-21(19,20)12-15-6-3-4-7-15/h8-11,15H,2-7,12-13H2,1H3. The molecule has 0 heterocycles. The van der Waals surface area contributed by atoms with Crippen molar-refractivity contribution in [3.8, 4) is 0 Å². The number of carbonyl (C=O) groups excluding carboxylic acids is 1. The van der Waals surface area contributed by atoms with Crippen LogP contribution in [0.3, 0.4) is 0 Å². The normalized spacial score (nSPS) is 16.2. The highest BCUT2D eigenvalue weighted by Gasteiger charge is 2.25. The zero-order valence-corrected chi connectivity index (χ0v) is 13.5. The Labute approximate surface area is 127 Å². The van der Waals surface area contributed by atoms with Gasteiger partial charge in [0.15, 0.2) is 15.6 Å². The van der Waals surface area contributed by atoms with Gasteiger partial charge in [0.2, 0.25) is 0 Å². The molecule has 0 bridgehead atoms. The third-order valence-corrected chi connectivity index (χ3v) is 5.81. The Morgan fingerprint density at radius 1 is 1.14 bits per heavy atom. The number of carbonyl (C=O) groups is 1. The largest absolute Gasteiger partial charge is 0.293 e. The fourth-order valence-electron chi connectivity index (χ4n) is 3.02. The maximum Gasteiger partial charge on any atom is 0.177 e. The summed E-state index contributed by atoms with van der Waals surface area (Å²) in [4.78, 5) is 12.1. The van der Waals surface area contributed by atoms with Crippen LogP contribution in [0.15, 0.2) is 24.3 Å². The minimum atomic E-state index is -3.28. The van der Waals surface area contributed by atoms with Gasteiger partial charge in [0.1, 0.15) is 5.75 Å². The van der Waals surface area contributed by atoms with E-state index in [-0.39, 0.29) is 23.2 Å². The van der Waals surface area contributed by atoms with Gasteiger partial charge >= 0.3 is 0 Å². The van der Waals surface area contributed by atoms with E-state index >= 15 is 0 Å². The van der Waals surface area contributed by atoms with Crippen LogP contribution in [0.1, 0.15) is 54.9 Å². The molecule has 0 atom stereocenters. The fraction of sp³-hybridized carbons (Fsp3) is 0.588. The van der Waals surface area contributed by atoms with Gasteiger partial charge in [-0.15, -0.1) is 0 Å². The molecular weight excluding hydrogens is 284 g/mol. The molecule has 1 aliphatic rings. The van der Waals surface area contributed by atoms with Crippen molar-refractivity contribution >= 4 is 15.6 Å². The predicted octanol–water partition coefficient (Wildman–Crippen LogP) is 3.43. The molecule has 0 aromatic heterocycles. The second-order valence-corrected chi connectivity index (χ2v) is 8.18. The molecule has 0 amide bonds. The molecule has 0 saturated heterocycles. The second-order valence-electron chi connectivity index (χ2n) is 6.08. The van der Waals surface area contributed by atoms with Gasteiger partial charge in [-0.1, -0.05) is 50.5 Å². The van der Waals surface area contributed by atoms with Gasteiger partial charge in [0.25, 0.3) is 0 Å². The van der Waals surface area contributed by atoms with E-state index in [2.05, 4.69) is 6.92 Å². The summed E-state index contributed by atoms with van der Waals surface area (Å²) in [6, 6.07) is 7.33. The number of hydrogen-bond acceptors (Lipinski definition) is 3. The van der Waals surface area contributed by atoms with Crippen LogP contribution in [0.4, 0.5) is 0 Å². The molecule has 21 heavy (non-hydrogen) atoms. The molecule has 1 aromatic carbocycles. The molecule has 0 unspecified atom stereocenters. The van der Waals surface area contributed by atoms with Crippen LogP contribution in [0.5, 0.6) is 0 Å². The van der Waals surface area contributed by atoms with E-state index in [0.717, 1.165) is 38.5 Å². The average molecular weight is 308 g/mol. The molecule has 0 radical (unpaired) electrons. The Balaban J connectivity index is 1.96. The predicted molar refractivity (Wildman–Crippen MR) is 85.4 cm³/mol. The monoisotopic (exact) mass is 308 g/mol. The third kappa shape index (κ3) is 4.95. The molecule has 0 aliphatic heterocycles. The van der Waals surface area contributed by atoms with Gasteiger partial charge < -0.3 is 0 Å². The Morgan fingerprint density at radius 3 is 2.33 bits per heavy atom. The summed E-state index contributed by atoms with van der Waals surface area (Å²) in [5, 5.41) is 0. The summed E-state index contributed by atoms with van der Waals surface area (Å²) in [5.74, 6) is -0.200. The van der Waals surface area contributed by atoms with E-state index in [1.165, 1.54) is 5.56 Å². The lowest BCUT2D eigenvalue weighted by Gasteiger charge is -2.09.